The fourth-order valence-corrected chi connectivity index (χ4v) is 2.16. The third-order valence-corrected chi connectivity index (χ3v) is 2.79. The van der Waals surface area contributed by atoms with Crippen LogP contribution in [0.25, 0.3) is 11.0 Å². The molecule has 0 saturated heterocycles. The number of aromatic nitrogens is 2. The number of imidazole rings is 1. The Morgan fingerprint density at radius 2 is 2.06 bits per heavy atom. The molecule has 0 amide bonds. The van der Waals surface area contributed by atoms with Crippen molar-refractivity contribution in [3.05, 3.63) is 30.1 Å². The van der Waals surface area contributed by atoms with Crippen molar-refractivity contribution in [2.45, 2.75) is 26.9 Å². The van der Waals surface area contributed by atoms with Crippen LogP contribution in [0.3, 0.4) is 0 Å². The van der Waals surface area contributed by atoms with Crippen LogP contribution in [-0.2, 0) is 13.1 Å². The lowest BCUT2D eigenvalue weighted by molar-refractivity contribution is -0.673. The highest BCUT2D eigenvalue weighted by atomic mass is 16.4. The Labute approximate surface area is 93.7 Å². The lowest BCUT2D eigenvalue weighted by Crippen LogP contribution is -2.44. The predicted octanol–water partition coefficient (Wildman–Crippen LogP) is 0.332. The number of hydrogen-bond donors (Lipinski definition) is 0. The summed E-state index contributed by atoms with van der Waals surface area (Å²) in [6, 6.07) is 7.68. The fraction of sp³-hybridized carbons (Fsp3) is 0.333. The number of carboxylic acids is 1. The first-order chi connectivity index (χ1) is 7.70. The standard InChI is InChI=1S/C12H14N2O2/c1-3-13-9-7-5-6-8-10(9)14(4-2)11(13)12(15)16/h5-8H,3-4H2,1-2H3. The molecule has 2 rings (SSSR count). The van der Waals surface area contributed by atoms with Crippen LogP contribution in [0.15, 0.2) is 24.3 Å². The van der Waals surface area contributed by atoms with Gasteiger partial charge in [0.2, 0.25) is 0 Å². The summed E-state index contributed by atoms with van der Waals surface area (Å²) in [7, 11) is 0. The summed E-state index contributed by atoms with van der Waals surface area (Å²) in [5.74, 6) is -0.883. The van der Waals surface area contributed by atoms with Gasteiger partial charge < -0.3 is 9.90 Å². The van der Waals surface area contributed by atoms with Gasteiger partial charge in [0.1, 0.15) is 0 Å². The van der Waals surface area contributed by atoms with Crippen LogP contribution in [0.1, 0.15) is 24.5 Å². The van der Waals surface area contributed by atoms with E-state index in [0.29, 0.717) is 13.1 Å². The molecule has 4 heteroatoms. The normalized spacial score (nSPS) is 10.9. The quantitative estimate of drug-likeness (QED) is 0.697. The first-order valence-corrected chi connectivity index (χ1v) is 5.43. The van der Waals surface area contributed by atoms with Gasteiger partial charge in [0.15, 0.2) is 17.0 Å². The Morgan fingerprint density at radius 1 is 1.38 bits per heavy atom. The van der Waals surface area contributed by atoms with Crippen molar-refractivity contribution >= 4 is 17.0 Å². The van der Waals surface area contributed by atoms with Crippen molar-refractivity contribution in [2.24, 2.45) is 0 Å². The highest BCUT2D eigenvalue weighted by Gasteiger charge is 2.23. The summed E-state index contributed by atoms with van der Waals surface area (Å²) in [6.45, 7) is 5.10. The van der Waals surface area contributed by atoms with E-state index in [-0.39, 0.29) is 5.82 Å². The van der Waals surface area contributed by atoms with E-state index >= 15 is 0 Å². The first-order valence-electron chi connectivity index (χ1n) is 5.43. The third kappa shape index (κ3) is 1.38. The van der Waals surface area contributed by atoms with Gasteiger partial charge in [-0.1, -0.05) is 12.1 Å². The second kappa shape index (κ2) is 3.96. The molecule has 0 unspecified atom stereocenters. The molecule has 16 heavy (non-hydrogen) atoms. The molecule has 0 N–H and O–H groups in total. The molecule has 0 radical (unpaired) electrons. The van der Waals surface area contributed by atoms with E-state index in [9.17, 15) is 9.90 Å². The summed E-state index contributed by atoms with van der Waals surface area (Å²) in [5, 5.41) is 11.2. The van der Waals surface area contributed by atoms with Gasteiger partial charge >= 0.3 is 5.82 Å². The highest BCUT2D eigenvalue weighted by molar-refractivity contribution is 5.85. The monoisotopic (exact) mass is 218 g/mol. The highest BCUT2D eigenvalue weighted by Crippen LogP contribution is 2.13. The van der Waals surface area contributed by atoms with Gasteiger partial charge in [-0.25, -0.2) is 9.13 Å². The van der Waals surface area contributed by atoms with Gasteiger partial charge in [-0.05, 0) is 26.0 Å². The molecule has 0 bridgehead atoms. The molecule has 0 aliphatic heterocycles. The molecular formula is C12H14N2O2. The van der Waals surface area contributed by atoms with Crippen molar-refractivity contribution in [3.63, 3.8) is 0 Å². The zero-order chi connectivity index (χ0) is 11.7. The maximum atomic E-state index is 11.2. The van der Waals surface area contributed by atoms with Crippen molar-refractivity contribution in [1.29, 1.82) is 0 Å². The van der Waals surface area contributed by atoms with Gasteiger partial charge in [-0.2, -0.15) is 0 Å². The summed E-state index contributed by atoms with van der Waals surface area (Å²) in [4.78, 5) is 11.2. The Hall–Kier alpha value is -1.84. The first kappa shape index (κ1) is 10.7. The van der Waals surface area contributed by atoms with Crippen molar-refractivity contribution in [1.82, 2.24) is 4.57 Å². The SMILES string of the molecule is CCn1c(C(=O)[O-])[n+](CC)c2ccccc21. The number of carbonyl (C=O) groups is 1. The summed E-state index contributed by atoms with van der Waals surface area (Å²) >= 11 is 0. The number of rotatable bonds is 3. The maximum Gasteiger partial charge on any atom is 0.305 e. The molecule has 0 aliphatic carbocycles. The molecule has 0 saturated carbocycles. The Bertz CT molecular complexity index is 502. The molecule has 1 aromatic heterocycles. The van der Waals surface area contributed by atoms with Crippen LogP contribution >= 0.6 is 0 Å². The summed E-state index contributed by atoms with van der Waals surface area (Å²) in [5.41, 5.74) is 1.87. The van der Waals surface area contributed by atoms with E-state index in [1.807, 2.05) is 38.1 Å². The average Bonchev–Trinajstić information content (AvgIpc) is 2.62. The number of hydrogen-bond acceptors (Lipinski definition) is 2. The number of carbonyl (C=O) groups excluding carboxylic acids is 1. The van der Waals surface area contributed by atoms with Crippen LogP contribution in [0, 0.1) is 0 Å². The number of nitrogens with zero attached hydrogens (tertiary/aromatic N) is 2. The van der Waals surface area contributed by atoms with E-state index < -0.39 is 5.97 Å². The van der Waals surface area contributed by atoms with Crippen molar-refractivity contribution in [2.75, 3.05) is 0 Å². The maximum absolute atomic E-state index is 11.2. The van der Waals surface area contributed by atoms with Gasteiger partial charge in [0, 0.05) is 0 Å². The smallest absolute Gasteiger partial charge is 0.305 e. The predicted molar refractivity (Wildman–Crippen MR) is 57.8 cm³/mol. The number of aromatic carboxylic acids is 1. The number of carboxylic acid groups (broad SMARTS) is 1. The lowest BCUT2D eigenvalue weighted by atomic mass is 10.3. The molecule has 1 heterocycles. The van der Waals surface area contributed by atoms with Gasteiger partial charge in [0.05, 0.1) is 13.1 Å². The number of aryl methyl sites for hydroxylation is 2. The minimum atomic E-state index is -1.13. The second-order valence-electron chi connectivity index (χ2n) is 3.59. The Kier molecular flexibility index (Phi) is 2.64. The second-order valence-corrected chi connectivity index (χ2v) is 3.59. The molecule has 84 valence electrons. The minimum Gasteiger partial charge on any atom is -0.538 e. The van der Waals surface area contributed by atoms with E-state index in [1.165, 1.54) is 0 Å². The molecule has 0 aliphatic rings. The zero-order valence-corrected chi connectivity index (χ0v) is 9.43. The molecule has 0 spiro atoms. The van der Waals surface area contributed by atoms with Crippen LogP contribution in [-0.4, -0.2) is 10.5 Å². The van der Waals surface area contributed by atoms with Crippen LogP contribution in [0.5, 0.6) is 0 Å². The van der Waals surface area contributed by atoms with E-state index in [0.717, 1.165) is 11.0 Å². The topological polar surface area (TPSA) is 48.9 Å². The fourth-order valence-electron chi connectivity index (χ4n) is 2.16. The molecule has 0 atom stereocenters. The zero-order valence-electron chi connectivity index (χ0n) is 9.43. The number of para-hydroxylation sites is 2. The minimum absolute atomic E-state index is 0.242. The van der Waals surface area contributed by atoms with E-state index in [4.69, 9.17) is 0 Å². The van der Waals surface area contributed by atoms with Crippen LogP contribution < -0.4 is 9.67 Å². The molecule has 4 nitrogen and oxygen atoms in total. The van der Waals surface area contributed by atoms with Crippen molar-refractivity contribution in [3.8, 4) is 0 Å². The molecule has 1 aromatic carbocycles. The van der Waals surface area contributed by atoms with Crippen molar-refractivity contribution < 1.29 is 14.5 Å². The van der Waals surface area contributed by atoms with Crippen LogP contribution in [0.2, 0.25) is 0 Å². The largest absolute Gasteiger partial charge is 0.538 e. The van der Waals surface area contributed by atoms with Gasteiger partial charge in [-0.15, -0.1) is 0 Å². The molecular weight excluding hydrogens is 204 g/mol. The van der Waals surface area contributed by atoms with Gasteiger partial charge in [-0.3, -0.25) is 0 Å². The molecule has 0 fully saturated rings. The van der Waals surface area contributed by atoms with Crippen LogP contribution in [0.4, 0.5) is 0 Å². The Balaban J connectivity index is 2.89. The summed E-state index contributed by atoms with van der Waals surface area (Å²) in [6.07, 6.45) is 0. The van der Waals surface area contributed by atoms with Gasteiger partial charge in [0.25, 0.3) is 0 Å². The lowest BCUT2D eigenvalue weighted by Gasteiger charge is -2.01. The summed E-state index contributed by atoms with van der Waals surface area (Å²) < 4.78 is 3.54. The number of benzene rings is 1. The average molecular weight is 218 g/mol. The Morgan fingerprint density at radius 3 is 2.62 bits per heavy atom. The third-order valence-electron chi connectivity index (χ3n) is 2.79. The van der Waals surface area contributed by atoms with E-state index in [2.05, 4.69) is 0 Å². The van der Waals surface area contributed by atoms with E-state index in [1.54, 1.807) is 9.13 Å². The number of fused-ring (bicyclic) bond motifs is 1. The molecule has 2 aromatic rings.